The maximum atomic E-state index is 14.6. The number of rotatable bonds is 4. The maximum absolute atomic E-state index is 14.6. The number of imidazole rings is 1. The number of hydrogen-bond acceptors (Lipinski definition) is 2. The molecule has 35 heavy (non-hydrogen) atoms. The van der Waals surface area contributed by atoms with E-state index in [1.54, 1.807) is 6.07 Å². The Bertz CT molecular complexity index is 1700. The molecule has 0 amide bonds. The molecule has 6 rings (SSSR count). The molecule has 0 radical (unpaired) electrons. The molecule has 0 aliphatic rings. The summed E-state index contributed by atoms with van der Waals surface area (Å²) in [5.41, 5.74) is 7.43. The van der Waals surface area contributed by atoms with Crippen molar-refractivity contribution in [3.8, 4) is 17.1 Å². The SMILES string of the molecule is CC(C)c1cccc(C(C)C)c1-n1c(-c2cccc3c2oc2c(F)cccc23)nc2ccccc21. The zero-order valence-electron chi connectivity index (χ0n) is 20.3. The Hall–Kier alpha value is -3.92. The third-order valence-corrected chi connectivity index (χ3v) is 6.84. The van der Waals surface area contributed by atoms with E-state index in [4.69, 9.17) is 9.40 Å². The average molecular weight is 463 g/mol. The molecule has 0 saturated heterocycles. The molecule has 0 unspecified atom stereocenters. The van der Waals surface area contributed by atoms with Gasteiger partial charge in [-0.1, -0.05) is 82.3 Å². The third kappa shape index (κ3) is 3.28. The molecule has 0 aliphatic heterocycles. The number of benzene rings is 4. The first-order valence-electron chi connectivity index (χ1n) is 12.2. The molecule has 2 aromatic heterocycles. The molecular formula is C31H27FN2O. The number of para-hydroxylation sites is 5. The van der Waals surface area contributed by atoms with Crippen LogP contribution in [0.15, 0.2) is 83.3 Å². The van der Waals surface area contributed by atoms with E-state index in [2.05, 4.69) is 62.6 Å². The topological polar surface area (TPSA) is 31.0 Å². The first kappa shape index (κ1) is 21.6. The van der Waals surface area contributed by atoms with Crippen LogP contribution in [0.5, 0.6) is 0 Å². The van der Waals surface area contributed by atoms with Crippen LogP contribution in [0.3, 0.4) is 0 Å². The zero-order chi connectivity index (χ0) is 24.3. The largest absolute Gasteiger partial charge is 0.452 e. The molecule has 0 spiro atoms. The highest BCUT2D eigenvalue weighted by molar-refractivity contribution is 6.09. The molecule has 4 aromatic carbocycles. The molecule has 0 aliphatic carbocycles. The van der Waals surface area contributed by atoms with E-state index in [-0.39, 0.29) is 11.4 Å². The van der Waals surface area contributed by atoms with Crippen LogP contribution in [0.2, 0.25) is 0 Å². The van der Waals surface area contributed by atoms with E-state index in [0.29, 0.717) is 17.4 Å². The highest BCUT2D eigenvalue weighted by atomic mass is 19.1. The summed E-state index contributed by atoms with van der Waals surface area (Å²) >= 11 is 0. The van der Waals surface area contributed by atoms with Crippen molar-refractivity contribution in [2.24, 2.45) is 0 Å². The molecule has 2 heterocycles. The van der Waals surface area contributed by atoms with E-state index < -0.39 is 0 Å². The molecule has 0 saturated carbocycles. The Labute approximate surface area is 203 Å². The van der Waals surface area contributed by atoms with Gasteiger partial charge in [0.25, 0.3) is 0 Å². The van der Waals surface area contributed by atoms with Crippen molar-refractivity contribution in [3.63, 3.8) is 0 Å². The second kappa shape index (κ2) is 8.09. The molecule has 0 bridgehead atoms. The highest BCUT2D eigenvalue weighted by Gasteiger charge is 2.24. The summed E-state index contributed by atoms with van der Waals surface area (Å²) in [6.45, 7) is 8.91. The number of aromatic nitrogens is 2. The van der Waals surface area contributed by atoms with Crippen molar-refractivity contribution < 1.29 is 8.81 Å². The number of fused-ring (bicyclic) bond motifs is 4. The van der Waals surface area contributed by atoms with Gasteiger partial charge in [-0.2, -0.15) is 0 Å². The lowest BCUT2D eigenvalue weighted by molar-refractivity contribution is 0.584. The predicted molar refractivity (Wildman–Crippen MR) is 142 cm³/mol. The monoisotopic (exact) mass is 462 g/mol. The van der Waals surface area contributed by atoms with Crippen LogP contribution in [0.25, 0.3) is 50.0 Å². The van der Waals surface area contributed by atoms with Crippen molar-refractivity contribution in [2.45, 2.75) is 39.5 Å². The van der Waals surface area contributed by atoms with Crippen molar-refractivity contribution in [2.75, 3.05) is 0 Å². The second-order valence-corrected chi connectivity index (χ2v) is 9.75. The normalized spacial score (nSPS) is 12.1. The van der Waals surface area contributed by atoms with Gasteiger partial charge in [-0.25, -0.2) is 9.37 Å². The third-order valence-electron chi connectivity index (χ3n) is 6.84. The summed E-state index contributed by atoms with van der Waals surface area (Å²) < 4.78 is 23.1. The van der Waals surface area contributed by atoms with E-state index in [0.717, 1.165) is 33.2 Å². The fourth-order valence-corrected chi connectivity index (χ4v) is 5.16. The molecule has 0 fully saturated rings. The van der Waals surface area contributed by atoms with Crippen molar-refractivity contribution in [3.05, 3.63) is 95.8 Å². The first-order valence-corrected chi connectivity index (χ1v) is 12.2. The molecule has 0 N–H and O–H groups in total. The Morgan fingerprint density at radius 1 is 0.714 bits per heavy atom. The summed E-state index contributed by atoms with van der Waals surface area (Å²) in [6, 6.07) is 25.9. The summed E-state index contributed by atoms with van der Waals surface area (Å²) in [5, 5.41) is 1.66. The van der Waals surface area contributed by atoms with Gasteiger partial charge in [0.1, 0.15) is 11.4 Å². The van der Waals surface area contributed by atoms with Crippen molar-refractivity contribution >= 4 is 33.0 Å². The van der Waals surface area contributed by atoms with Gasteiger partial charge in [-0.05, 0) is 47.2 Å². The molecule has 0 atom stereocenters. The average Bonchev–Trinajstić information content (AvgIpc) is 3.43. The molecular weight excluding hydrogens is 435 g/mol. The van der Waals surface area contributed by atoms with Crippen LogP contribution in [-0.2, 0) is 0 Å². The van der Waals surface area contributed by atoms with Gasteiger partial charge < -0.3 is 4.42 Å². The highest BCUT2D eigenvalue weighted by Crippen LogP contribution is 2.41. The molecule has 6 aromatic rings. The molecule has 4 heteroatoms. The van der Waals surface area contributed by atoms with Crippen LogP contribution in [0.1, 0.15) is 50.7 Å². The first-order chi connectivity index (χ1) is 17.0. The van der Waals surface area contributed by atoms with Gasteiger partial charge in [0.15, 0.2) is 11.4 Å². The van der Waals surface area contributed by atoms with Crippen LogP contribution < -0.4 is 0 Å². The van der Waals surface area contributed by atoms with E-state index in [1.165, 1.54) is 22.9 Å². The van der Waals surface area contributed by atoms with Gasteiger partial charge in [0.05, 0.1) is 22.3 Å². The van der Waals surface area contributed by atoms with Gasteiger partial charge in [0, 0.05) is 10.8 Å². The lowest BCUT2D eigenvalue weighted by atomic mass is 9.92. The minimum Gasteiger partial charge on any atom is -0.452 e. The summed E-state index contributed by atoms with van der Waals surface area (Å²) in [4.78, 5) is 5.11. The summed E-state index contributed by atoms with van der Waals surface area (Å²) in [5.74, 6) is 1.10. The van der Waals surface area contributed by atoms with Gasteiger partial charge in [-0.15, -0.1) is 0 Å². The van der Waals surface area contributed by atoms with Crippen molar-refractivity contribution in [1.82, 2.24) is 9.55 Å². The van der Waals surface area contributed by atoms with Crippen molar-refractivity contribution in [1.29, 1.82) is 0 Å². The van der Waals surface area contributed by atoms with Crippen LogP contribution in [0.4, 0.5) is 4.39 Å². The second-order valence-electron chi connectivity index (χ2n) is 9.75. The van der Waals surface area contributed by atoms with E-state index >= 15 is 0 Å². The predicted octanol–water partition coefficient (Wildman–Crippen LogP) is 8.98. The minimum absolute atomic E-state index is 0.281. The number of hydrogen-bond donors (Lipinski definition) is 0. The fourth-order valence-electron chi connectivity index (χ4n) is 5.16. The van der Waals surface area contributed by atoms with E-state index in [1.807, 2.05) is 36.4 Å². The zero-order valence-corrected chi connectivity index (χ0v) is 20.3. The summed E-state index contributed by atoms with van der Waals surface area (Å²) in [6.07, 6.45) is 0. The van der Waals surface area contributed by atoms with Gasteiger partial charge >= 0.3 is 0 Å². The van der Waals surface area contributed by atoms with E-state index in [9.17, 15) is 4.39 Å². The molecule has 3 nitrogen and oxygen atoms in total. The Morgan fingerprint density at radius 3 is 2.06 bits per heavy atom. The van der Waals surface area contributed by atoms with Crippen LogP contribution >= 0.6 is 0 Å². The lowest BCUT2D eigenvalue weighted by Crippen LogP contribution is -2.08. The van der Waals surface area contributed by atoms with Gasteiger partial charge in [-0.3, -0.25) is 4.57 Å². The smallest absolute Gasteiger partial charge is 0.171 e. The Morgan fingerprint density at radius 2 is 1.34 bits per heavy atom. The number of furan rings is 1. The lowest BCUT2D eigenvalue weighted by Gasteiger charge is -2.22. The van der Waals surface area contributed by atoms with Crippen LogP contribution in [0, 0.1) is 5.82 Å². The molecule has 174 valence electrons. The fraction of sp³-hybridized carbons (Fsp3) is 0.194. The quantitative estimate of drug-likeness (QED) is 0.262. The maximum Gasteiger partial charge on any atom is 0.171 e. The summed E-state index contributed by atoms with van der Waals surface area (Å²) in [7, 11) is 0. The Kier molecular flexibility index (Phi) is 4.99. The Balaban J connectivity index is 1.77. The number of nitrogens with zero attached hydrogens (tertiary/aromatic N) is 2. The standard InChI is InChI=1S/C31H27FN2O/c1-18(2)20-10-7-11-21(19(3)4)28(20)34-27-17-6-5-16-26(27)33-31(34)24-14-8-12-22-23-13-9-15-25(32)30(23)35-29(22)24/h5-19H,1-4H3. The minimum atomic E-state index is -0.356. The number of halogens is 1. The van der Waals surface area contributed by atoms with Crippen LogP contribution in [-0.4, -0.2) is 9.55 Å². The van der Waals surface area contributed by atoms with Gasteiger partial charge in [0.2, 0.25) is 0 Å².